The summed E-state index contributed by atoms with van der Waals surface area (Å²) in [5, 5.41) is 0. The van der Waals surface area contributed by atoms with Crippen molar-refractivity contribution < 1.29 is 30.7 Å². The Bertz CT molecular complexity index is 642. The number of hydrogen-bond donors (Lipinski definition) is 0. The predicted octanol–water partition coefficient (Wildman–Crippen LogP) is 7.61. The zero-order chi connectivity index (χ0) is 21.8. The molecule has 0 saturated carbocycles. The molecule has 1 heterocycles. The van der Waals surface area contributed by atoms with Crippen molar-refractivity contribution in [2.75, 3.05) is 0 Å². The number of aryl methyl sites for hydroxylation is 2. The second-order valence-corrected chi connectivity index (χ2v) is 4.65. The number of benzene rings is 1. The van der Waals surface area contributed by atoms with E-state index in [1.165, 1.54) is 26.1 Å². The molecule has 0 saturated heterocycles. The predicted molar refractivity (Wildman–Crippen MR) is 92.8 cm³/mol. The molecule has 0 aliphatic heterocycles. The fourth-order valence-corrected chi connectivity index (χ4v) is 1.68. The second kappa shape index (κ2) is 12.3. The van der Waals surface area contributed by atoms with E-state index in [2.05, 4.69) is 4.98 Å². The first-order valence-corrected chi connectivity index (χ1v) is 8.24. The molecular formula is C19H24F7N. The van der Waals surface area contributed by atoms with Crippen molar-refractivity contribution >= 4 is 0 Å². The van der Waals surface area contributed by atoms with Gasteiger partial charge in [0.05, 0.1) is 11.1 Å². The van der Waals surface area contributed by atoms with Crippen molar-refractivity contribution in [3.8, 4) is 0 Å². The van der Waals surface area contributed by atoms with Gasteiger partial charge < -0.3 is 0 Å². The summed E-state index contributed by atoms with van der Waals surface area (Å²) in [5.74, 6) is -0.859. The molecular weight excluding hydrogens is 375 g/mol. The van der Waals surface area contributed by atoms with E-state index in [9.17, 15) is 30.7 Å². The molecule has 0 N–H and O–H groups in total. The van der Waals surface area contributed by atoms with Gasteiger partial charge in [-0.3, -0.25) is 4.98 Å². The summed E-state index contributed by atoms with van der Waals surface area (Å²) in [6.45, 7) is 10.8. The summed E-state index contributed by atoms with van der Waals surface area (Å²) < 4.78 is 84.4. The van der Waals surface area contributed by atoms with E-state index >= 15 is 0 Å². The maximum atomic E-state index is 12.5. The standard InChI is InChI=1S/C8H6F4.C7H6F3N.2C2H6/c1-5-2-6(8(10,11)12)4-7(9)3-5;1-5-6(7(8,9)10)3-2-4-11-5;2*1-2/h2-4H,1H3;2-4H,1H3;2*1-2H3. The van der Waals surface area contributed by atoms with Gasteiger partial charge in [0.25, 0.3) is 0 Å². The summed E-state index contributed by atoms with van der Waals surface area (Å²) in [7, 11) is 0. The number of pyridine rings is 1. The van der Waals surface area contributed by atoms with Crippen LogP contribution in [0.2, 0.25) is 0 Å². The Hall–Kier alpha value is -2.12. The first kappa shape index (κ1) is 27.1. The van der Waals surface area contributed by atoms with Crippen LogP contribution in [0.25, 0.3) is 0 Å². The zero-order valence-electron chi connectivity index (χ0n) is 16.1. The molecule has 27 heavy (non-hydrogen) atoms. The molecule has 0 aliphatic carbocycles. The molecule has 0 atom stereocenters. The van der Waals surface area contributed by atoms with Crippen LogP contribution in [0.15, 0.2) is 36.5 Å². The van der Waals surface area contributed by atoms with E-state index in [-0.39, 0.29) is 11.3 Å². The molecule has 154 valence electrons. The molecule has 0 amide bonds. The normalized spacial score (nSPS) is 10.4. The average molecular weight is 399 g/mol. The lowest BCUT2D eigenvalue weighted by atomic mass is 10.1. The van der Waals surface area contributed by atoms with Gasteiger partial charge in [-0.2, -0.15) is 26.3 Å². The number of aromatic nitrogens is 1. The highest BCUT2D eigenvalue weighted by molar-refractivity contribution is 5.25. The molecule has 1 aromatic carbocycles. The van der Waals surface area contributed by atoms with Crippen LogP contribution >= 0.6 is 0 Å². The summed E-state index contributed by atoms with van der Waals surface area (Å²) in [6.07, 6.45) is -7.41. The second-order valence-electron chi connectivity index (χ2n) is 4.65. The van der Waals surface area contributed by atoms with Crippen molar-refractivity contribution in [3.63, 3.8) is 0 Å². The Labute approximate surface area is 155 Å². The van der Waals surface area contributed by atoms with Gasteiger partial charge in [-0.05, 0) is 49.7 Å². The monoisotopic (exact) mass is 399 g/mol. The molecule has 0 bridgehead atoms. The Morgan fingerprint density at radius 3 is 1.63 bits per heavy atom. The minimum atomic E-state index is -4.47. The quantitative estimate of drug-likeness (QED) is 0.415. The van der Waals surface area contributed by atoms with Crippen molar-refractivity contribution in [2.45, 2.75) is 53.9 Å². The van der Waals surface area contributed by atoms with Crippen LogP contribution in [0.1, 0.15) is 50.1 Å². The van der Waals surface area contributed by atoms with Crippen LogP contribution in [0.3, 0.4) is 0 Å². The van der Waals surface area contributed by atoms with Gasteiger partial charge in [0.15, 0.2) is 0 Å². The topological polar surface area (TPSA) is 12.9 Å². The minimum absolute atomic E-state index is 0.0139. The summed E-state index contributed by atoms with van der Waals surface area (Å²) in [6, 6.07) is 4.73. The molecule has 1 nitrogen and oxygen atoms in total. The number of nitrogens with zero attached hydrogens (tertiary/aromatic N) is 1. The highest BCUT2D eigenvalue weighted by atomic mass is 19.4. The van der Waals surface area contributed by atoms with Crippen LogP contribution in [-0.2, 0) is 12.4 Å². The summed E-state index contributed by atoms with van der Waals surface area (Å²) in [5.41, 5.74) is -1.33. The molecule has 2 aromatic rings. The van der Waals surface area contributed by atoms with E-state index in [0.29, 0.717) is 6.07 Å². The number of rotatable bonds is 0. The van der Waals surface area contributed by atoms with Crippen molar-refractivity contribution in [1.29, 1.82) is 0 Å². The Kier molecular flexibility index (Phi) is 12.3. The molecule has 0 spiro atoms. The number of halogens is 7. The van der Waals surface area contributed by atoms with Crippen LogP contribution in [-0.4, -0.2) is 4.98 Å². The fourth-order valence-electron chi connectivity index (χ4n) is 1.68. The Morgan fingerprint density at radius 2 is 1.30 bits per heavy atom. The first-order valence-electron chi connectivity index (χ1n) is 8.24. The zero-order valence-corrected chi connectivity index (χ0v) is 16.1. The van der Waals surface area contributed by atoms with Gasteiger partial charge in [0.1, 0.15) is 5.82 Å². The molecule has 1 aromatic heterocycles. The van der Waals surface area contributed by atoms with Gasteiger partial charge in [0, 0.05) is 11.9 Å². The molecule has 0 unspecified atom stereocenters. The molecule has 8 heteroatoms. The van der Waals surface area contributed by atoms with Crippen LogP contribution < -0.4 is 0 Å². The van der Waals surface area contributed by atoms with Crippen molar-refractivity contribution in [3.05, 3.63) is 64.7 Å². The highest BCUT2D eigenvalue weighted by Crippen LogP contribution is 2.31. The van der Waals surface area contributed by atoms with Crippen LogP contribution in [0.4, 0.5) is 30.7 Å². The Morgan fingerprint density at radius 1 is 0.778 bits per heavy atom. The van der Waals surface area contributed by atoms with E-state index < -0.39 is 29.3 Å². The maximum absolute atomic E-state index is 12.5. The van der Waals surface area contributed by atoms with E-state index in [0.717, 1.165) is 18.2 Å². The fraction of sp³-hybridized carbons (Fsp3) is 0.421. The van der Waals surface area contributed by atoms with E-state index in [4.69, 9.17) is 0 Å². The lowest BCUT2D eigenvalue weighted by molar-refractivity contribution is -0.138. The summed E-state index contributed by atoms with van der Waals surface area (Å²) >= 11 is 0. The number of alkyl halides is 6. The molecule has 0 radical (unpaired) electrons. The van der Waals surface area contributed by atoms with Crippen molar-refractivity contribution in [2.24, 2.45) is 0 Å². The van der Waals surface area contributed by atoms with Gasteiger partial charge in [-0.1, -0.05) is 27.7 Å². The minimum Gasteiger partial charge on any atom is -0.261 e. The van der Waals surface area contributed by atoms with Crippen LogP contribution in [0, 0.1) is 19.7 Å². The smallest absolute Gasteiger partial charge is 0.261 e. The van der Waals surface area contributed by atoms with Gasteiger partial charge in [-0.15, -0.1) is 0 Å². The van der Waals surface area contributed by atoms with Crippen molar-refractivity contribution in [1.82, 2.24) is 4.98 Å². The SMILES string of the molecule is CC.CC.Cc1cc(F)cc(C(F)(F)F)c1.Cc1ncccc1C(F)(F)F. The maximum Gasteiger partial charge on any atom is 0.418 e. The molecule has 0 fully saturated rings. The summed E-state index contributed by atoms with van der Waals surface area (Å²) in [4.78, 5) is 3.53. The lowest BCUT2D eigenvalue weighted by Crippen LogP contribution is -2.07. The highest BCUT2D eigenvalue weighted by Gasteiger charge is 2.32. The lowest BCUT2D eigenvalue weighted by Gasteiger charge is -2.07. The first-order chi connectivity index (χ1) is 12.4. The molecule has 0 aliphatic rings. The third-order valence-corrected chi connectivity index (χ3v) is 2.68. The van der Waals surface area contributed by atoms with Gasteiger partial charge in [-0.25, -0.2) is 4.39 Å². The van der Waals surface area contributed by atoms with E-state index in [1.807, 2.05) is 27.7 Å². The van der Waals surface area contributed by atoms with Crippen LogP contribution in [0.5, 0.6) is 0 Å². The average Bonchev–Trinajstić information content (AvgIpc) is 2.57. The third kappa shape index (κ3) is 10.6. The number of hydrogen-bond acceptors (Lipinski definition) is 1. The Balaban J connectivity index is 0. The largest absolute Gasteiger partial charge is 0.418 e. The van der Waals surface area contributed by atoms with Gasteiger partial charge >= 0.3 is 12.4 Å². The van der Waals surface area contributed by atoms with E-state index in [1.54, 1.807) is 0 Å². The van der Waals surface area contributed by atoms with Gasteiger partial charge in [0.2, 0.25) is 0 Å². The third-order valence-electron chi connectivity index (χ3n) is 2.68. The molecule has 2 rings (SSSR count).